The van der Waals surface area contributed by atoms with Crippen LogP contribution in [0.3, 0.4) is 0 Å². The predicted molar refractivity (Wildman–Crippen MR) is 39.2 cm³/mol. The van der Waals surface area contributed by atoms with Crippen LogP contribution in [0.5, 0.6) is 0 Å². The quantitative estimate of drug-likeness (QED) is 0.599. The molecule has 2 aliphatic rings. The summed E-state index contributed by atoms with van der Waals surface area (Å²) in [5.41, 5.74) is 3.20. The fourth-order valence-corrected chi connectivity index (χ4v) is 1.05. The highest BCUT2D eigenvalue weighted by Gasteiger charge is 2.29. The second-order valence-corrected chi connectivity index (χ2v) is 2.73. The fourth-order valence-electron chi connectivity index (χ4n) is 1.05. The van der Waals surface area contributed by atoms with E-state index in [4.69, 9.17) is 0 Å². The smallest absolute Gasteiger partial charge is 0.0468 e. The van der Waals surface area contributed by atoms with Crippen molar-refractivity contribution in [3.8, 4) is 0 Å². The standard InChI is InChI=1S/C7H12N3/c1-2-9-5-6-10(8-9)7-3-4-7/h5-8H,1-4H2. The molecule has 0 atom stereocenters. The Morgan fingerprint density at radius 2 is 2.30 bits per heavy atom. The molecule has 1 heterocycles. The van der Waals surface area contributed by atoms with Crippen LogP contribution in [0.4, 0.5) is 0 Å². The third-order valence-corrected chi connectivity index (χ3v) is 1.83. The van der Waals surface area contributed by atoms with Gasteiger partial charge in [-0.25, -0.2) is 0 Å². The molecule has 1 saturated carbocycles. The first kappa shape index (κ1) is 6.04. The van der Waals surface area contributed by atoms with Crippen LogP contribution in [0.2, 0.25) is 0 Å². The maximum absolute atomic E-state index is 3.77. The zero-order valence-corrected chi connectivity index (χ0v) is 5.95. The van der Waals surface area contributed by atoms with E-state index >= 15 is 0 Å². The highest BCUT2D eigenvalue weighted by atomic mass is 15.8. The van der Waals surface area contributed by atoms with Crippen molar-refractivity contribution in [3.05, 3.63) is 19.3 Å². The molecule has 1 aliphatic heterocycles. The monoisotopic (exact) mass is 138 g/mol. The molecule has 0 amide bonds. The van der Waals surface area contributed by atoms with Gasteiger partial charge in [-0.15, -0.1) is 5.53 Å². The molecule has 0 spiro atoms. The summed E-state index contributed by atoms with van der Waals surface area (Å²) in [6.07, 6.45) is 6.73. The Morgan fingerprint density at radius 3 is 2.80 bits per heavy atom. The number of nitrogens with one attached hydrogen (secondary N) is 1. The molecule has 1 radical (unpaired) electrons. The molecule has 10 heavy (non-hydrogen) atoms. The highest BCUT2D eigenvalue weighted by molar-refractivity contribution is 4.94. The topological polar surface area (TPSA) is 18.5 Å². The fraction of sp³-hybridized carbons (Fsp3) is 0.571. The average molecular weight is 138 g/mol. The Kier molecular flexibility index (Phi) is 1.31. The maximum Gasteiger partial charge on any atom is 0.0468 e. The summed E-state index contributed by atoms with van der Waals surface area (Å²) in [4.78, 5) is 0. The first-order chi connectivity index (χ1) is 4.90. The molecule has 1 fully saturated rings. The Hall–Kier alpha value is -0.700. The second kappa shape index (κ2) is 2.16. The van der Waals surface area contributed by atoms with Crippen molar-refractivity contribution in [2.45, 2.75) is 18.9 Å². The van der Waals surface area contributed by atoms with Crippen molar-refractivity contribution < 1.29 is 0 Å². The van der Waals surface area contributed by atoms with Crippen molar-refractivity contribution in [2.24, 2.45) is 0 Å². The first-order valence-electron chi connectivity index (χ1n) is 3.69. The van der Waals surface area contributed by atoms with Gasteiger partial charge in [0.2, 0.25) is 0 Å². The summed E-state index contributed by atoms with van der Waals surface area (Å²) in [6.45, 7) is 4.54. The predicted octanol–water partition coefficient (Wildman–Crippen LogP) is 0.491. The van der Waals surface area contributed by atoms with Gasteiger partial charge in [0.15, 0.2) is 0 Å². The minimum atomic E-state index is 0.743. The lowest BCUT2D eigenvalue weighted by Gasteiger charge is -2.20. The van der Waals surface area contributed by atoms with Crippen LogP contribution >= 0.6 is 0 Å². The van der Waals surface area contributed by atoms with Crippen LogP contribution in [0.1, 0.15) is 12.8 Å². The molecule has 2 rings (SSSR count). The summed E-state index contributed by atoms with van der Waals surface area (Å²) < 4.78 is 0. The molecule has 0 aromatic carbocycles. The number of hydrogen-bond acceptors (Lipinski definition) is 3. The molecule has 1 aliphatic carbocycles. The van der Waals surface area contributed by atoms with Crippen LogP contribution in [0, 0.1) is 6.92 Å². The van der Waals surface area contributed by atoms with Gasteiger partial charge in [-0.3, -0.25) is 10.0 Å². The van der Waals surface area contributed by atoms with Crippen molar-refractivity contribution in [3.63, 3.8) is 0 Å². The zero-order valence-electron chi connectivity index (χ0n) is 5.95. The van der Waals surface area contributed by atoms with Crippen molar-refractivity contribution in [1.82, 2.24) is 15.6 Å². The molecule has 0 unspecified atom stereocenters. The minimum absolute atomic E-state index is 0.743. The molecule has 55 valence electrons. The normalized spacial score (nSPS) is 24.5. The maximum atomic E-state index is 3.77. The van der Waals surface area contributed by atoms with E-state index in [2.05, 4.69) is 23.7 Å². The molecular weight excluding hydrogens is 126 g/mol. The van der Waals surface area contributed by atoms with E-state index in [9.17, 15) is 0 Å². The molecule has 0 saturated heterocycles. The Balaban J connectivity index is 1.88. The number of nitrogens with zero attached hydrogens (tertiary/aromatic N) is 2. The lowest BCUT2D eigenvalue weighted by atomic mass is 10.7. The minimum Gasteiger partial charge on any atom is -0.297 e. The van der Waals surface area contributed by atoms with Gasteiger partial charge in [-0.05, 0) is 19.8 Å². The molecule has 3 heteroatoms. The molecule has 3 nitrogen and oxygen atoms in total. The lowest BCUT2D eigenvalue weighted by molar-refractivity contribution is 0.141. The summed E-state index contributed by atoms with van der Waals surface area (Å²) in [5, 5.41) is 4.11. The number of hydrazine groups is 2. The Morgan fingerprint density at radius 1 is 1.50 bits per heavy atom. The van der Waals surface area contributed by atoms with E-state index in [1.54, 1.807) is 0 Å². The number of hydrogen-bond donors (Lipinski definition) is 1. The van der Waals surface area contributed by atoms with Crippen LogP contribution in [-0.4, -0.2) is 22.6 Å². The summed E-state index contributed by atoms with van der Waals surface area (Å²) >= 11 is 0. The van der Waals surface area contributed by atoms with Gasteiger partial charge in [-0.1, -0.05) is 0 Å². The Bertz CT molecular complexity index is 151. The summed E-state index contributed by atoms with van der Waals surface area (Å²) in [5.74, 6) is 0. The van der Waals surface area contributed by atoms with E-state index in [-0.39, 0.29) is 0 Å². The van der Waals surface area contributed by atoms with Gasteiger partial charge >= 0.3 is 0 Å². The second-order valence-electron chi connectivity index (χ2n) is 2.73. The van der Waals surface area contributed by atoms with Gasteiger partial charge < -0.3 is 0 Å². The van der Waals surface area contributed by atoms with E-state index in [0.29, 0.717) is 0 Å². The lowest BCUT2D eigenvalue weighted by Crippen LogP contribution is -2.40. The van der Waals surface area contributed by atoms with Gasteiger partial charge in [0.05, 0.1) is 0 Å². The van der Waals surface area contributed by atoms with E-state index in [1.807, 2.05) is 11.2 Å². The van der Waals surface area contributed by atoms with Crippen LogP contribution in [0.15, 0.2) is 12.4 Å². The molecule has 0 aromatic rings. The van der Waals surface area contributed by atoms with Gasteiger partial charge in [-0.2, -0.15) is 0 Å². The van der Waals surface area contributed by atoms with E-state index in [1.165, 1.54) is 12.8 Å². The highest BCUT2D eigenvalue weighted by Crippen LogP contribution is 2.26. The Labute approximate surface area is 61.2 Å². The van der Waals surface area contributed by atoms with Crippen LogP contribution < -0.4 is 5.53 Å². The molecule has 1 N–H and O–H groups in total. The van der Waals surface area contributed by atoms with E-state index < -0.39 is 0 Å². The van der Waals surface area contributed by atoms with Gasteiger partial charge in [0, 0.05) is 25.0 Å². The SMILES string of the molecule is [CH2]CN1C=CN(C2CC2)N1. The summed E-state index contributed by atoms with van der Waals surface area (Å²) in [6, 6.07) is 0.743. The summed E-state index contributed by atoms with van der Waals surface area (Å²) in [7, 11) is 0. The van der Waals surface area contributed by atoms with Gasteiger partial charge in [0.25, 0.3) is 0 Å². The van der Waals surface area contributed by atoms with Crippen molar-refractivity contribution >= 4 is 0 Å². The zero-order chi connectivity index (χ0) is 6.97. The third-order valence-electron chi connectivity index (χ3n) is 1.83. The largest absolute Gasteiger partial charge is 0.297 e. The number of rotatable bonds is 2. The molecule has 0 aromatic heterocycles. The average Bonchev–Trinajstić information content (AvgIpc) is 2.70. The van der Waals surface area contributed by atoms with Crippen molar-refractivity contribution in [1.29, 1.82) is 0 Å². The molecule has 0 bridgehead atoms. The van der Waals surface area contributed by atoms with Crippen molar-refractivity contribution in [2.75, 3.05) is 6.54 Å². The van der Waals surface area contributed by atoms with E-state index in [0.717, 1.165) is 12.6 Å². The third kappa shape index (κ3) is 0.968. The first-order valence-corrected chi connectivity index (χ1v) is 3.69. The van der Waals surface area contributed by atoms with Crippen LogP contribution in [0.25, 0.3) is 0 Å². The van der Waals surface area contributed by atoms with Crippen LogP contribution in [-0.2, 0) is 0 Å². The molecular formula is C7H12N3. The van der Waals surface area contributed by atoms with Gasteiger partial charge in [0.1, 0.15) is 0 Å².